The maximum Gasteiger partial charge on any atom is 0.224 e. The Bertz CT molecular complexity index is 737. The molecule has 1 N–H and O–H groups in total. The number of aromatic nitrogens is 4. The van der Waals surface area contributed by atoms with E-state index in [1.807, 2.05) is 43.7 Å². The van der Waals surface area contributed by atoms with Gasteiger partial charge in [-0.1, -0.05) is 12.1 Å². The van der Waals surface area contributed by atoms with Gasteiger partial charge in [0.15, 0.2) is 0 Å². The summed E-state index contributed by atoms with van der Waals surface area (Å²) in [7, 11) is 1.91. The SMILES string of the molecule is Cn1cc(CCNc2nc(Cl)nc3ccccc23)cn1. The Balaban J connectivity index is 1.77. The first kappa shape index (κ1) is 12.9. The first-order valence-electron chi connectivity index (χ1n) is 6.36. The van der Waals surface area contributed by atoms with Gasteiger partial charge in [0.25, 0.3) is 0 Å². The number of fused-ring (bicyclic) bond motifs is 1. The molecule has 20 heavy (non-hydrogen) atoms. The summed E-state index contributed by atoms with van der Waals surface area (Å²) in [4.78, 5) is 8.47. The number of benzene rings is 1. The lowest BCUT2D eigenvalue weighted by Gasteiger charge is -2.08. The molecule has 0 fully saturated rings. The molecule has 3 aromatic rings. The van der Waals surface area contributed by atoms with E-state index < -0.39 is 0 Å². The molecule has 6 heteroatoms. The normalized spacial score (nSPS) is 10.9. The van der Waals surface area contributed by atoms with Crippen LogP contribution in [0.2, 0.25) is 5.28 Å². The topological polar surface area (TPSA) is 55.6 Å². The highest BCUT2D eigenvalue weighted by Gasteiger charge is 2.05. The van der Waals surface area contributed by atoms with Gasteiger partial charge in [-0.25, -0.2) is 9.97 Å². The Morgan fingerprint density at radius 1 is 1.25 bits per heavy atom. The summed E-state index contributed by atoms with van der Waals surface area (Å²) >= 11 is 5.95. The van der Waals surface area contributed by atoms with Gasteiger partial charge in [-0.15, -0.1) is 0 Å². The van der Waals surface area contributed by atoms with Gasteiger partial charge in [0.2, 0.25) is 5.28 Å². The lowest BCUT2D eigenvalue weighted by molar-refractivity contribution is 0.767. The summed E-state index contributed by atoms with van der Waals surface area (Å²) in [5, 5.41) is 8.69. The van der Waals surface area contributed by atoms with Crippen molar-refractivity contribution in [3.8, 4) is 0 Å². The minimum atomic E-state index is 0.257. The molecule has 0 spiro atoms. The maximum atomic E-state index is 5.95. The number of anilines is 1. The van der Waals surface area contributed by atoms with Gasteiger partial charge < -0.3 is 5.32 Å². The monoisotopic (exact) mass is 287 g/mol. The number of nitrogens with one attached hydrogen (secondary N) is 1. The van der Waals surface area contributed by atoms with E-state index in [0.717, 1.165) is 29.7 Å². The second-order valence-electron chi connectivity index (χ2n) is 4.56. The van der Waals surface area contributed by atoms with Crippen LogP contribution in [0.15, 0.2) is 36.7 Å². The average molecular weight is 288 g/mol. The van der Waals surface area contributed by atoms with Gasteiger partial charge >= 0.3 is 0 Å². The molecule has 0 saturated carbocycles. The fourth-order valence-corrected chi connectivity index (χ4v) is 2.28. The first-order chi connectivity index (χ1) is 9.72. The largest absolute Gasteiger partial charge is 0.369 e. The summed E-state index contributed by atoms with van der Waals surface area (Å²) in [6, 6.07) is 7.81. The fourth-order valence-electron chi connectivity index (χ4n) is 2.11. The second-order valence-corrected chi connectivity index (χ2v) is 4.90. The molecular formula is C14H14ClN5. The summed E-state index contributed by atoms with van der Waals surface area (Å²) in [6.07, 6.45) is 4.75. The second kappa shape index (κ2) is 5.46. The van der Waals surface area contributed by atoms with E-state index >= 15 is 0 Å². The third kappa shape index (κ3) is 2.72. The van der Waals surface area contributed by atoms with E-state index in [2.05, 4.69) is 20.4 Å². The molecule has 0 radical (unpaired) electrons. The molecule has 0 atom stereocenters. The maximum absolute atomic E-state index is 5.95. The van der Waals surface area contributed by atoms with Gasteiger partial charge in [-0.2, -0.15) is 5.10 Å². The van der Waals surface area contributed by atoms with Crippen LogP contribution >= 0.6 is 11.6 Å². The van der Waals surface area contributed by atoms with Gasteiger partial charge in [0.1, 0.15) is 5.82 Å². The summed E-state index contributed by atoms with van der Waals surface area (Å²) in [6.45, 7) is 0.767. The number of halogens is 1. The van der Waals surface area contributed by atoms with Crippen LogP contribution in [0.4, 0.5) is 5.82 Å². The van der Waals surface area contributed by atoms with Gasteiger partial charge in [-0.3, -0.25) is 4.68 Å². The van der Waals surface area contributed by atoms with E-state index in [-0.39, 0.29) is 5.28 Å². The number of rotatable bonds is 4. The van der Waals surface area contributed by atoms with Gasteiger partial charge in [0, 0.05) is 25.2 Å². The van der Waals surface area contributed by atoms with Crippen LogP contribution in [0.25, 0.3) is 10.9 Å². The van der Waals surface area contributed by atoms with E-state index in [4.69, 9.17) is 11.6 Å². The highest BCUT2D eigenvalue weighted by atomic mass is 35.5. The fraction of sp³-hybridized carbons (Fsp3) is 0.214. The van der Waals surface area contributed by atoms with Crippen LogP contribution in [-0.2, 0) is 13.5 Å². The van der Waals surface area contributed by atoms with Crippen LogP contribution in [0, 0.1) is 0 Å². The Morgan fingerprint density at radius 2 is 2.10 bits per heavy atom. The minimum Gasteiger partial charge on any atom is -0.369 e. The van der Waals surface area contributed by atoms with Crippen molar-refractivity contribution < 1.29 is 0 Å². The van der Waals surface area contributed by atoms with Crippen molar-refractivity contribution in [3.63, 3.8) is 0 Å². The third-order valence-corrected chi connectivity index (χ3v) is 3.21. The quantitative estimate of drug-likeness (QED) is 0.750. The van der Waals surface area contributed by atoms with Crippen molar-refractivity contribution >= 4 is 28.3 Å². The van der Waals surface area contributed by atoms with E-state index in [9.17, 15) is 0 Å². The van der Waals surface area contributed by atoms with E-state index in [1.165, 1.54) is 5.56 Å². The molecule has 0 bridgehead atoms. The molecule has 102 valence electrons. The Hall–Kier alpha value is -2.14. The molecule has 3 rings (SSSR count). The number of hydrogen-bond acceptors (Lipinski definition) is 4. The van der Waals surface area contributed by atoms with Crippen molar-refractivity contribution in [2.45, 2.75) is 6.42 Å². The third-order valence-electron chi connectivity index (χ3n) is 3.04. The number of nitrogens with zero attached hydrogens (tertiary/aromatic N) is 4. The highest BCUT2D eigenvalue weighted by molar-refractivity contribution is 6.28. The van der Waals surface area contributed by atoms with Crippen LogP contribution in [0.5, 0.6) is 0 Å². The summed E-state index contributed by atoms with van der Waals surface area (Å²) in [5.74, 6) is 0.768. The molecule has 0 aliphatic heterocycles. The summed E-state index contributed by atoms with van der Waals surface area (Å²) < 4.78 is 1.80. The van der Waals surface area contributed by atoms with Crippen LogP contribution in [0.3, 0.4) is 0 Å². The minimum absolute atomic E-state index is 0.257. The lowest BCUT2D eigenvalue weighted by Crippen LogP contribution is -2.07. The molecular weight excluding hydrogens is 274 g/mol. The predicted octanol–water partition coefficient (Wildman–Crippen LogP) is 2.67. The number of hydrogen-bond donors (Lipinski definition) is 1. The van der Waals surface area contributed by atoms with Gasteiger partial charge in [0.05, 0.1) is 11.7 Å². The molecule has 0 amide bonds. The van der Waals surface area contributed by atoms with Crippen LogP contribution in [0.1, 0.15) is 5.56 Å². The van der Waals surface area contributed by atoms with Gasteiger partial charge in [-0.05, 0) is 35.7 Å². The highest BCUT2D eigenvalue weighted by Crippen LogP contribution is 2.21. The molecule has 0 saturated heterocycles. The zero-order valence-electron chi connectivity index (χ0n) is 11.0. The molecule has 1 aromatic carbocycles. The molecule has 2 heterocycles. The molecule has 5 nitrogen and oxygen atoms in total. The van der Waals surface area contributed by atoms with Crippen LogP contribution in [-0.4, -0.2) is 26.3 Å². The standard InChI is InChI=1S/C14H14ClN5/c1-20-9-10(8-17-20)6-7-16-13-11-4-2-3-5-12(11)18-14(15)19-13/h2-5,8-9H,6-7H2,1H3,(H,16,18,19). The number of para-hydroxylation sites is 1. The molecule has 0 unspecified atom stereocenters. The summed E-state index contributed by atoms with van der Waals surface area (Å²) in [5.41, 5.74) is 2.03. The molecule has 0 aliphatic rings. The smallest absolute Gasteiger partial charge is 0.224 e. The lowest BCUT2D eigenvalue weighted by atomic mass is 10.2. The van der Waals surface area contributed by atoms with Crippen molar-refractivity contribution in [1.29, 1.82) is 0 Å². The zero-order chi connectivity index (χ0) is 13.9. The Labute approximate surface area is 121 Å². The van der Waals surface area contributed by atoms with Crippen molar-refractivity contribution in [1.82, 2.24) is 19.7 Å². The first-order valence-corrected chi connectivity index (χ1v) is 6.74. The number of aryl methyl sites for hydroxylation is 1. The Morgan fingerprint density at radius 3 is 2.90 bits per heavy atom. The van der Waals surface area contributed by atoms with Crippen molar-refractivity contribution in [2.24, 2.45) is 7.05 Å². The van der Waals surface area contributed by atoms with E-state index in [1.54, 1.807) is 4.68 Å². The zero-order valence-corrected chi connectivity index (χ0v) is 11.8. The van der Waals surface area contributed by atoms with E-state index in [0.29, 0.717) is 0 Å². The van der Waals surface area contributed by atoms with Crippen molar-refractivity contribution in [3.05, 3.63) is 47.5 Å². The predicted molar refractivity (Wildman–Crippen MR) is 79.9 cm³/mol. The Kier molecular flexibility index (Phi) is 3.52. The average Bonchev–Trinajstić information content (AvgIpc) is 2.84. The molecule has 0 aliphatic carbocycles. The molecule has 2 aromatic heterocycles. The van der Waals surface area contributed by atoms with Crippen molar-refractivity contribution in [2.75, 3.05) is 11.9 Å². The van der Waals surface area contributed by atoms with Crippen LogP contribution < -0.4 is 5.32 Å².